The Kier molecular flexibility index (Phi) is 4.70. The van der Waals surface area contributed by atoms with Gasteiger partial charge in [-0.05, 0) is 37.5 Å². The zero-order chi connectivity index (χ0) is 12.1. The first-order chi connectivity index (χ1) is 7.60. The van der Waals surface area contributed by atoms with Gasteiger partial charge < -0.3 is 0 Å². The molecule has 0 bridgehead atoms. The zero-order valence-electron chi connectivity index (χ0n) is 9.99. The van der Waals surface area contributed by atoms with Gasteiger partial charge in [0.15, 0.2) is 0 Å². The van der Waals surface area contributed by atoms with E-state index in [1.54, 1.807) is 0 Å². The molecular formula is C13H17NOS. The quantitative estimate of drug-likeness (QED) is 0.804. The van der Waals surface area contributed by atoms with E-state index in [1.165, 1.54) is 0 Å². The predicted molar refractivity (Wildman–Crippen MR) is 66.6 cm³/mol. The van der Waals surface area contributed by atoms with Crippen molar-refractivity contribution in [3.05, 3.63) is 29.3 Å². The lowest BCUT2D eigenvalue weighted by atomic mass is 10.2. The normalized spacial score (nSPS) is 14.1. The molecule has 1 rings (SSSR count). The molecule has 1 aromatic carbocycles. The van der Waals surface area contributed by atoms with Gasteiger partial charge in [0.25, 0.3) is 0 Å². The average molecular weight is 235 g/mol. The summed E-state index contributed by atoms with van der Waals surface area (Å²) in [6, 6.07) is 8.08. The molecule has 0 heterocycles. The molecule has 2 nitrogen and oxygen atoms in total. The fourth-order valence-corrected chi connectivity index (χ4v) is 3.15. The summed E-state index contributed by atoms with van der Waals surface area (Å²) in [4.78, 5) is 0.877. The Balaban J connectivity index is 3.03. The first-order valence-electron chi connectivity index (χ1n) is 5.45. The van der Waals surface area contributed by atoms with Gasteiger partial charge in [0.2, 0.25) is 0 Å². The van der Waals surface area contributed by atoms with Gasteiger partial charge in [-0.15, -0.1) is 0 Å². The molecule has 1 aromatic rings. The molecule has 0 amide bonds. The highest BCUT2D eigenvalue weighted by molar-refractivity contribution is 7.85. The Hall–Kier alpha value is -1.14. The molecule has 2 unspecified atom stereocenters. The molecule has 0 aromatic heterocycles. The van der Waals surface area contributed by atoms with Crippen LogP contribution in [0.4, 0.5) is 0 Å². The Morgan fingerprint density at radius 3 is 2.69 bits per heavy atom. The standard InChI is InChI=1S/C13H17NOS/c1-4-12(7-8-14)16(15)13-9-10(2)5-6-11(13)3/h5-6,9,12H,4,7H2,1-3H3. The van der Waals surface area contributed by atoms with Gasteiger partial charge in [-0.3, -0.25) is 4.21 Å². The maximum absolute atomic E-state index is 12.3. The van der Waals surface area contributed by atoms with Crippen molar-refractivity contribution in [1.82, 2.24) is 0 Å². The highest BCUT2D eigenvalue weighted by atomic mass is 32.2. The predicted octanol–water partition coefficient (Wildman–Crippen LogP) is 3.10. The summed E-state index contributed by atoms with van der Waals surface area (Å²) in [6.07, 6.45) is 1.13. The third-order valence-corrected chi connectivity index (χ3v) is 4.62. The first kappa shape index (κ1) is 12.9. The molecule has 0 radical (unpaired) electrons. The van der Waals surface area contributed by atoms with E-state index in [4.69, 9.17) is 5.26 Å². The van der Waals surface area contributed by atoms with Gasteiger partial charge in [0.1, 0.15) is 0 Å². The van der Waals surface area contributed by atoms with Crippen molar-refractivity contribution >= 4 is 10.8 Å². The van der Waals surface area contributed by atoms with Crippen LogP contribution in [0.2, 0.25) is 0 Å². The van der Waals surface area contributed by atoms with E-state index in [-0.39, 0.29) is 5.25 Å². The van der Waals surface area contributed by atoms with E-state index in [2.05, 4.69) is 6.07 Å². The fraction of sp³-hybridized carbons (Fsp3) is 0.462. The van der Waals surface area contributed by atoms with Crippen molar-refractivity contribution < 1.29 is 4.21 Å². The lowest BCUT2D eigenvalue weighted by Gasteiger charge is -2.13. The molecule has 2 atom stereocenters. The van der Waals surface area contributed by atoms with Crippen LogP contribution in [0.5, 0.6) is 0 Å². The van der Waals surface area contributed by atoms with Crippen molar-refractivity contribution in [1.29, 1.82) is 5.26 Å². The molecule has 0 spiro atoms. The van der Waals surface area contributed by atoms with Crippen LogP contribution in [-0.4, -0.2) is 9.46 Å². The summed E-state index contributed by atoms with van der Waals surface area (Å²) in [5.74, 6) is 0. The third-order valence-electron chi connectivity index (χ3n) is 2.64. The zero-order valence-corrected chi connectivity index (χ0v) is 10.8. The minimum absolute atomic E-state index is 0.0505. The van der Waals surface area contributed by atoms with Gasteiger partial charge in [-0.25, -0.2) is 0 Å². The maximum Gasteiger partial charge on any atom is 0.0634 e. The minimum Gasteiger partial charge on any atom is -0.254 e. The van der Waals surface area contributed by atoms with Crippen molar-refractivity contribution in [2.45, 2.75) is 43.8 Å². The van der Waals surface area contributed by atoms with Crippen LogP contribution in [0.15, 0.2) is 23.1 Å². The van der Waals surface area contributed by atoms with Crippen molar-refractivity contribution in [2.75, 3.05) is 0 Å². The molecule has 3 heteroatoms. The number of nitrogens with zero attached hydrogens (tertiary/aromatic N) is 1. The van der Waals surface area contributed by atoms with Crippen LogP contribution in [0.3, 0.4) is 0 Å². The van der Waals surface area contributed by atoms with Gasteiger partial charge in [-0.2, -0.15) is 5.26 Å². The molecule has 0 N–H and O–H groups in total. The lowest BCUT2D eigenvalue weighted by molar-refractivity contribution is 0.664. The van der Waals surface area contributed by atoms with Crippen LogP contribution in [0.1, 0.15) is 30.9 Å². The second kappa shape index (κ2) is 5.81. The number of rotatable bonds is 4. The Labute approximate surface area is 99.8 Å². The summed E-state index contributed by atoms with van der Waals surface area (Å²) >= 11 is 0. The largest absolute Gasteiger partial charge is 0.254 e. The van der Waals surface area contributed by atoms with E-state index in [0.717, 1.165) is 22.4 Å². The van der Waals surface area contributed by atoms with E-state index >= 15 is 0 Å². The van der Waals surface area contributed by atoms with E-state index in [0.29, 0.717) is 6.42 Å². The molecular weight excluding hydrogens is 218 g/mol. The fourth-order valence-electron chi connectivity index (χ4n) is 1.58. The van der Waals surface area contributed by atoms with E-state index in [9.17, 15) is 4.21 Å². The SMILES string of the molecule is CCC(CC#N)S(=O)c1cc(C)ccc1C. The molecule has 0 aliphatic heterocycles. The van der Waals surface area contributed by atoms with Crippen LogP contribution < -0.4 is 0 Å². The summed E-state index contributed by atoms with van der Waals surface area (Å²) in [5.41, 5.74) is 2.15. The van der Waals surface area contributed by atoms with Crippen molar-refractivity contribution in [3.63, 3.8) is 0 Å². The number of nitriles is 1. The Morgan fingerprint density at radius 1 is 1.44 bits per heavy atom. The molecule has 16 heavy (non-hydrogen) atoms. The second-order valence-corrected chi connectivity index (χ2v) is 5.66. The van der Waals surface area contributed by atoms with Gasteiger partial charge >= 0.3 is 0 Å². The van der Waals surface area contributed by atoms with Gasteiger partial charge in [0.05, 0.1) is 22.1 Å². The molecule has 0 fully saturated rings. The molecule has 0 saturated heterocycles. The van der Waals surface area contributed by atoms with E-state index < -0.39 is 10.8 Å². The van der Waals surface area contributed by atoms with Gasteiger partial charge in [-0.1, -0.05) is 19.1 Å². The Morgan fingerprint density at radius 2 is 2.12 bits per heavy atom. The highest BCUT2D eigenvalue weighted by Crippen LogP contribution is 2.21. The van der Waals surface area contributed by atoms with Crippen molar-refractivity contribution in [2.24, 2.45) is 0 Å². The number of hydrogen-bond donors (Lipinski definition) is 0. The van der Waals surface area contributed by atoms with E-state index in [1.807, 2.05) is 39.0 Å². The molecule has 0 aliphatic carbocycles. The maximum atomic E-state index is 12.3. The van der Waals surface area contributed by atoms with Crippen LogP contribution >= 0.6 is 0 Å². The average Bonchev–Trinajstić information content (AvgIpc) is 2.28. The second-order valence-electron chi connectivity index (χ2n) is 3.96. The highest BCUT2D eigenvalue weighted by Gasteiger charge is 2.17. The van der Waals surface area contributed by atoms with Crippen LogP contribution in [-0.2, 0) is 10.8 Å². The van der Waals surface area contributed by atoms with Crippen LogP contribution in [0, 0.1) is 25.2 Å². The smallest absolute Gasteiger partial charge is 0.0634 e. The first-order valence-corrected chi connectivity index (χ1v) is 6.66. The molecule has 0 aliphatic rings. The monoisotopic (exact) mass is 235 g/mol. The lowest BCUT2D eigenvalue weighted by Crippen LogP contribution is -2.14. The summed E-state index contributed by atoms with van der Waals surface area (Å²) in [6.45, 7) is 5.93. The summed E-state index contributed by atoms with van der Waals surface area (Å²) < 4.78 is 12.3. The number of aryl methyl sites for hydroxylation is 2. The topological polar surface area (TPSA) is 40.9 Å². The summed E-state index contributed by atoms with van der Waals surface area (Å²) in [7, 11) is -1.07. The van der Waals surface area contributed by atoms with Gasteiger partial charge in [0, 0.05) is 11.3 Å². The summed E-state index contributed by atoms with van der Waals surface area (Å²) in [5, 5.41) is 8.65. The molecule has 0 saturated carbocycles. The minimum atomic E-state index is -1.07. The van der Waals surface area contributed by atoms with Crippen LogP contribution in [0.25, 0.3) is 0 Å². The number of hydrogen-bond acceptors (Lipinski definition) is 2. The molecule has 86 valence electrons. The Bertz CT molecular complexity index is 434. The van der Waals surface area contributed by atoms with Crippen molar-refractivity contribution in [3.8, 4) is 6.07 Å². The number of benzene rings is 1. The third kappa shape index (κ3) is 2.93.